The summed E-state index contributed by atoms with van der Waals surface area (Å²) in [6.07, 6.45) is 1.82. The first-order valence-corrected chi connectivity index (χ1v) is 9.85. The minimum atomic E-state index is -0.378. The van der Waals surface area contributed by atoms with Crippen molar-refractivity contribution >= 4 is 23.2 Å². The Kier molecular flexibility index (Phi) is 7.21. The molecule has 0 spiro atoms. The number of benzene rings is 1. The van der Waals surface area contributed by atoms with Gasteiger partial charge >= 0.3 is 0 Å². The van der Waals surface area contributed by atoms with Crippen LogP contribution >= 0.6 is 0 Å². The number of anilines is 2. The Balaban J connectivity index is 1.53. The molecule has 3 rings (SSSR count). The van der Waals surface area contributed by atoms with Crippen molar-refractivity contribution in [2.24, 2.45) is 4.99 Å². The smallest absolute Gasteiger partial charge is 0.292 e. The monoisotopic (exact) mass is 397 g/mol. The molecule has 1 aromatic heterocycles. The van der Waals surface area contributed by atoms with E-state index in [1.165, 1.54) is 6.07 Å². The number of nitro groups is 1. The van der Waals surface area contributed by atoms with Gasteiger partial charge in [-0.2, -0.15) is 0 Å². The van der Waals surface area contributed by atoms with Gasteiger partial charge in [-0.05, 0) is 25.1 Å². The quantitative estimate of drug-likeness (QED) is 0.243. The van der Waals surface area contributed by atoms with E-state index in [-0.39, 0.29) is 10.6 Å². The zero-order valence-electron chi connectivity index (χ0n) is 16.6. The van der Waals surface area contributed by atoms with E-state index in [4.69, 9.17) is 0 Å². The SMILES string of the molecule is CCNC(=NCCNc1ccccc1[N+](=O)[O-])N1CCN(c2ccccn2)CC1. The van der Waals surface area contributed by atoms with Gasteiger partial charge < -0.3 is 20.4 Å². The lowest BCUT2D eigenvalue weighted by atomic mass is 10.2. The standard InChI is InChI=1S/C20H27N7O2/c1-2-21-20(24-12-11-22-17-7-3-4-8-18(17)27(28)29)26-15-13-25(14-16-26)19-9-5-6-10-23-19/h3-10,22H,2,11-16H2,1H3,(H,21,24). The number of piperazine rings is 1. The summed E-state index contributed by atoms with van der Waals surface area (Å²) in [4.78, 5) is 24.3. The number of guanidine groups is 1. The highest BCUT2D eigenvalue weighted by atomic mass is 16.6. The Labute approximate surface area is 170 Å². The molecule has 0 saturated carbocycles. The van der Waals surface area contributed by atoms with Crippen LogP contribution in [-0.4, -0.2) is 66.6 Å². The maximum atomic E-state index is 11.1. The van der Waals surface area contributed by atoms with E-state index in [0.717, 1.165) is 44.5 Å². The summed E-state index contributed by atoms with van der Waals surface area (Å²) in [6.45, 7) is 7.37. The Bertz CT molecular complexity index is 821. The molecule has 1 aromatic carbocycles. The van der Waals surface area contributed by atoms with Gasteiger partial charge in [0.2, 0.25) is 0 Å². The lowest BCUT2D eigenvalue weighted by molar-refractivity contribution is -0.384. The van der Waals surface area contributed by atoms with E-state index >= 15 is 0 Å². The number of rotatable bonds is 7. The molecule has 0 bridgehead atoms. The third-order valence-electron chi connectivity index (χ3n) is 4.68. The molecule has 2 heterocycles. The molecule has 0 unspecified atom stereocenters. The molecule has 1 aliphatic heterocycles. The number of hydrogen-bond donors (Lipinski definition) is 2. The molecule has 1 aliphatic rings. The Hall–Kier alpha value is -3.36. The highest BCUT2D eigenvalue weighted by molar-refractivity contribution is 5.80. The minimum Gasteiger partial charge on any atom is -0.378 e. The first-order valence-electron chi connectivity index (χ1n) is 9.85. The molecule has 0 atom stereocenters. The van der Waals surface area contributed by atoms with E-state index in [1.54, 1.807) is 18.2 Å². The maximum absolute atomic E-state index is 11.1. The average Bonchev–Trinajstić information content (AvgIpc) is 2.77. The third kappa shape index (κ3) is 5.56. The van der Waals surface area contributed by atoms with Crippen LogP contribution in [0.4, 0.5) is 17.2 Å². The van der Waals surface area contributed by atoms with Crippen molar-refractivity contribution in [3.63, 3.8) is 0 Å². The van der Waals surface area contributed by atoms with Gasteiger partial charge in [-0.3, -0.25) is 15.1 Å². The molecule has 2 N–H and O–H groups in total. The van der Waals surface area contributed by atoms with Crippen molar-refractivity contribution in [1.82, 2.24) is 15.2 Å². The predicted molar refractivity (Wildman–Crippen MR) is 116 cm³/mol. The molecular weight excluding hydrogens is 370 g/mol. The second-order valence-corrected chi connectivity index (χ2v) is 6.60. The molecule has 9 heteroatoms. The predicted octanol–water partition coefficient (Wildman–Crippen LogP) is 2.19. The molecule has 29 heavy (non-hydrogen) atoms. The second kappa shape index (κ2) is 10.3. The van der Waals surface area contributed by atoms with Crippen LogP contribution in [0.1, 0.15) is 6.92 Å². The fraction of sp³-hybridized carbons (Fsp3) is 0.400. The summed E-state index contributed by atoms with van der Waals surface area (Å²) in [7, 11) is 0. The molecule has 154 valence electrons. The van der Waals surface area contributed by atoms with Crippen molar-refractivity contribution in [2.75, 3.05) is 56.0 Å². The number of para-hydroxylation sites is 2. The van der Waals surface area contributed by atoms with Gasteiger partial charge in [0.25, 0.3) is 5.69 Å². The van der Waals surface area contributed by atoms with Gasteiger partial charge in [0.05, 0.1) is 11.5 Å². The summed E-state index contributed by atoms with van der Waals surface area (Å²) in [5.74, 6) is 1.88. The molecule has 1 saturated heterocycles. The van der Waals surface area contributed by atoms with Crippen LogP contribution < -0.4 is 15.5 Å². The largest absolute Gasteiger partial charge is 0.378 e. The van der Waals surface area contributed by atoms with E-state index < -0.39 is 0 Å². The van der Waals surface area contributed by atoms with Crippen LogP contribution in [0.25, 0.3) is 0 Å². The number of pyridine rings is 1. The van der Waals surface area contributed by atoms with Crippen molar-refractivity contribution in [3.05, 3.63) is 58.8 Å². The molecule has 0 amide bonds. The topological polar surface area (TPSA) is 98.9 Å². The normalized spacial score (nSPS) is 14.6. The van der Waals surface area contributed by atoms with Gasteiger partial charge in [0, 0.05) is 51.5 Å². The number of nitro benzene ring substituents is 1. The van der Waals surface area contributed by atoms with Gasteiger partial charge in [-0.25, -0.2) is 4.98 Å². The van der Waals surface area contributed by atoms with Crippen LogP contribution in [0.3, 0.4) is 0 Å². The maximum Gasteiger partial charge on any atom is 0.292 e. The molecule has 9 nitrogen and oxygen atoms in total. The number of nitrogens with zero attached hydrogens (tertiary/aromatic N) is 5. The van der Waals surface area contributed by atoms with Gasteiger partial charge in [-0.15, -0.1) is 0 Å². The molecular formula is C20H27N7O2. The van der Waals surface area contributed by atoms with E-state index in [2.05, 4.69) is 30.4 Å². The van der Waals surface area contributed by atoms with Gasteiger partial charge in [0.15, 0.2) is 5.96 Å². The lowest BCUT2D eigenvalue weighted by Crippen LogP contribution is -2.52. The summed E-state index contributed by atoms with van der Waals surface area (Å²) < 4.78 is 0. The molecule has 1 fully saturated rings. The Morgan fingerprint density at radius 2 is 1.93 bits per heavy atom. The summed E-state index contributed by atoms with van der Waals surface area (Å²) in [6, 6.07) is 12.6. The van der Waals surface area contributed by atoms with Crippen molar-refractivity contribution in [2.45, 2.75) is 6.92 Å². The first-order chi connectivity index (χ1) is 14.2. The second-order valence-electron chi connectivity index (χ2n) is 6.60. The number of aliphatic imine (C=N–C) groups is 1. The number of aromatic nitrogens is 1. The van der Waals surface area contributed by atoms with Gasteiger partial charge in [0.1, 0.15) is 11.5 Å². The minimum absolute atomic E-state index is 0.0778. The van der Waals surface area contributed by atoms with E-state index in [9.17, 15) is 10.1 Å². The fourth-order valence-corrected chi connectivity index (χ4v) is 3.25. The van der Waals surface area contributed by atoms with Crippen LogP contribution in [0.15, 0.2) is 53.7 Å². The van der Waals surface area contributed by atoms with Gasteiger partial charge in [-0.1, -0.05) is 18.2 Å². The van der Waals surface area contributed by atoms with Crippen molar-refractivity contribution in [3.8, 4) is 0 Å². The van der Waals surface area contributed by atoms with E-state index in [0.29, 0.717) is 18.8 Å². The number of nitrogens with one attached hydrogen (secondary N) is 2. The van der Waals surface area contributed by atoms with Crippen LogP contribution in [-0.2, 0) is 0 Å². The highest BCUT2D eigenvalue weighted by Crippen LogP contribution is 2.22. The summed E-state index contributed by atoms with van der Waals surface area (Å²) >= 11 is 0. The fourth-order valence-electron chi connectivity index (χ4n) is 3.25. The first kappa shape index (κ1) is 20.4. The lowest BCUT2D eigenvalue weighted by Gasteiger charge is -2.37. The highest BCUT2D eigenvalue weighted by Gasteiger charge is 2.20. The number of hydrogen-bond acceptors (Lipinski definition) is 6. The molecule has 0 aliphatic carbocycles. The van der Waals surface area contributed by atoms with Crippen molar-refractivity contribution in [1.29, 1.82) is 0 Å². The van der Waals surface area contributed by atoms with Crippen LogP contribution in [0.5, 0.6) is 0 Å². The third-order valence-corrected chi connectivity index (χ3v) is 4.68. The van der Waals surface area contributed by atoms with Crippen molar-refractivity contribution < 1.29 is 4.92 Å². The van der Waals surface area contributed by atoms with E-state index in [1.807, 2.05) is 31.3 Å². The zero-order valence-corrected chi connectivity index (χ0v) is 16.6. The molecule has 0 radical (unpaired) electrons. The average molecular weight is 397 g/mol. The summed E-state index contributed by atoms with van der Waals surface area (Å²) in [5.41, 5.74) is 0.593. The molecule has 2 aromatic rings. The Morgan fingerprint density at radius 1 is 1.17 bits per heavy atom. The zero-order chi connectivity index (χ0) is 20.5. The summed E-state index contributed by atoms with van der Waals surface area (Å²) in [5, 5.41) is 17.5. The van der Waals surface area contributed by atoms with Crippen LogP contribution in [0, 0.1) is 10.1 Å². The Morgan fingerprint density at radius 3 is 2.62 bits per heavy atom. The van der Waals surface area contributed by atoms with Crippen LogP contribution in [0.2, 0.25) is 0 Å².